The van der Waals surface area contributed by atoms with Crippen molar-refractivity contribution in [2.75, 3.05) is 19.8 Å². The van der Waals surface area contributed by atoms with Crippen LogP contribution in [0.1, 0.15) is 18.4 Å². The van der Waals surface area contributed by atoms with Crippen LogP contribution < -0.4 is 5.56 Å². The van der Waals surface area contributed by atoms with Gasteiger partial charge in [0.2, 0.25) is 5.91 Å². The number of hydrogen-bond donors (Lipinski definition) is 0. The molecule has 1 aliphatic rings. The van der Waals surface area contributed by atoms with Crippen molar-refractivity contribution in [3.8, 4) is 11.1 Å². The third-order valence-corrected chi connectivity index (χ3v) is 5.83. The SMILES string of the molecule is Cc1cc(-c2cn(CCF)c3ncn(CC(=O)N4CCCC4)c(=O)c23)ccc1Cl. The Morgan fingerprint density at radius 1 is 1.24 bits per heavy atom. The molecule has 0 aliphatic carbocycles. The molecular formula is C21H22ClFN4O2. The fraction of sp³-hybridized carbons (Fsp3) is 0.381. The number of carbonyl (C=O) groups excluding carboxylic acids is 1. The average Bonchev–Trinajstić information content (AvgIpc) is 3.35. The number of hydrogen-bond acceptors (Lipinski definition) is 3. The van der Waals surface area contributed by atoms with Crippen LogP contribution in [0.25, 0.3) is 22.2 Å². The minimum atomic E-state index is -0.568. The van der Waals surface area contributed by atoms with Gasteiger partial charge in [0.25, 0.3) is 5.56 Å². The highest BCUT2D eigenvalue weighted by atomic mass is 35.5. The van der Waals surface area contributed by atoms with Crippen molar-refractivity contribution >= 4 is 28.5 Å². The number of likely N-dealkylation sites (tertiary alicyclic amines) is 1. The van der Waals surface area contributed by atoms with E-state index in [9.17, 15) is 14.0 Å². The number of alkyl halides is 1. The number of nitrogens with zero attached hydrogens (tertiary/aromatic N) is 4. The second-order valence-electron chi connectivity index (χ2n) is 7.35. The minimum Gasteiger partial charge on any atom is -0.341 e. The summed E-state index contributed by atoms with van der Waals surface area (Å²) in [6.45, 7) is 2.83. The van der Waals surface area contributed by atoms with Crippen molar-refractivity contribution in [1.82, 2.24) is 19.0 Å². The summed E-state index contributed by atoms with van der Waals surface area (Å²) < 4.78 is 16.0. The van der Waals surface area contributed by atoms with Crippen molar-refractivity contribution in [3.05, 3.63) is 51.7 Å². The van der Waals surface area contributed by atoms with Crippen molar-refractivity contribution < 1.29 is 9.18 Å². The molecule has 0 saturated carbocycles. The van der Waals surface area contributed by atoms with Gasteiger partial charge < -0.3 is 9.47 Å². The maximum atomic E-state index is 13.3. The summed E-state index contributed by atoms with van der Waals surface area (Å²) in [5.74, 6) is -0.0853. The Hall–Kier alpha value is -2.67. The van der Waals surface area contributed by atoms with Gasteiger partial charge in [-0.3, -0.25) is 14.2 Å². The summed E-state index contributed by atoms with van der Waals surface area (Å²) in [6.07, 6.45) is 5.10. The number of aryl methyl sites for hydroxylation is 2. The van der Waals surface area contributed by atoms with Crippen LogP contribution in [-0.4, -0.2) is 44.7 Å². The summed E-state index contributed by atoms with van der Waals surface area (Å²) in [5.41, 5.74) is 2.46. The monoisotopic (exact) mass is 416 g/mol. The molecule has 0 spiro atoms. The molecule has 4 rings (SSSR count). The van der Waals surface area contributed by atoms with Crippen LogP contribution in [0.15, 0.2) is 35.5 Å². The van der Waals surface area contributed by atoms with Gasteiger partial charge in [0, 0.05) is 29.9 Å². The third kappa shape index (κ3) is 3.67. The number of halogens is 2. The fourth-order valence-electron chi connectivity index (χ4n) is 3.83. The quantitative estimate of drug-likeness (QED) is 0.640. The van der Waals surface area contributed by atoms with E-state index in [1.165, 1.54) is 10.9 Å². The Kier molecular flexibility index (Phi) is 5.41. The molecule has 29 heavy (non-hydrogen) atoms. The molecule has 6 nitrogen and oxygen atoms in total. The van der Waals surface area contributed by atoms with Crippen LogP contribution in [0.5, 0.6) is 0 Å². The fourth-order valence-corrected chi connectivity index (χ4v) is 3.95. The lowest BCUT2D eigenvalue weighted by molar-refractivity contribution is -0.130. The normalized spacial score (nSPS) is 14.1. The summed E-state index contributed by atoms with van der Waals surface area (Å²) in [5, 5.41) is 1.02. The Labute approximate surface area is 172 Å². The van der Waals surface area contributed by atoms with Gasteiger partial charge >= 0.3 is 0 Å². The van der Waals surface area contributed by atoms with E-state index in [1.807, 2.05) is 19.1 Å². The first-order chi connectivity index (χ1) is 14.0. The van der Waals surface area contributed by atoms with Gasteiger partial charge in [0.05, 0.1) is 11.9 Å². The second kappa shape index (κ2) is 7.99. The van der Waals surface area contributed by atoms with Crippen molar-refractivity contribution in [1.29, 1.82) is 0 Å². The first-order valence-corrected chi connectivity index (χ1v) is 10.1. The first kappa shape index (κ1) is 19.6. The molecule has 0 radical (unpaired) electrons. The highest BCUT2D eigenvalue weighted by molar-refractivity contribution is 6.31. The molecule has 1 aromatic carbocycles. The topological polar surface area (TPSA) is 60.1 Å². The molecule has 3 aromatic rings. The van der Waals surface area contributed by atoms with Gasteiger partial charge in [-0.05, 0) is 43.0 Å². The molecule has 1 aliphatic heterocycles. The Balaban J connectivity index is 1.83. The van der Waals surface area contributed by atoms with E-state index in [0.717, 1.165) is 37.1 Å². The molecule has 8 heteroatoms. The number of rotatable bonds is 5. The molecule has 1 saturated heterocycles. The van der Waals surface area contributed by atoms with Crippen LogP contribution in [0.3, 0.4) is 0 Å². The van der Waals surface area contributed by atoms with Crippen LogP contribution in [0.2, 0.25) is 5.02 Å². The lowest BCUT2D eigenvalue weighted by Gasteiger charge is -2.15. The molecule has 0 N–H and O–H groups in total. The van der Waals surface area contributed by atoms with Gasteiger partial charge in [0.15, 0.2) is 0 Å². The van der Waals surface area contributed by atoms with E-state index in [-0.39, 0.29) is 24.6 Å². The molecule has 1 amide bonds. The zero-order valence-electron chi connectivity index (χ0n) is 16.2. The standard InChI is InChI=1S/C21H22ClFN4O2/c1-14-10-15(4-5-17(14)22)16-11-26(9-6-23)20-19(16)21(29)27(13-24-20)12-18(28)25-7-2-3-8-25/h4-5,10-11,13H,2-3,6-9,12H2,1H3. The van der Waals surface area contributed by atoms with Gasteiger partial charge in [-0.15, -0.1) is 0 Å². The molecule has 0 bridgehead atoms. The molecular weight excluding hydrogens is 395 g/mol. The van der Waals surface area contributed by atoms with E-state index in [4.69, 9.17) is 11.6 Å². The summed E-state index contributed by atoms with van der Waals surface area (Å²) in [4.78, 5) is 31.9. The van der Waals surface area contributed by atoms with Gasteiger partial charge in [-0.25, -0.2) is 9.37 Å². The Morgan fingerprint density at radius 2 is 2.00 bits per heavy atom. The Bertz CT molecular complexity index is 1130. The lowest BCUT2D eigenvalue weighted by atomic mass is 10.0. The molecule has 0 unspecified atom stereocenters. The summed E-state index contributed by atoms with van der Waals surface area (Å²) in [6, 6.07) is 5.50. The van der Waals surface area contributed by atoms with Crippen LogP contribution >= 0.6 is 11.6 Å². The van der Waals surface area contributed by atoms with Gasteiger partial charge in [-0.2, -0.15) is 0 Å². The predicted molar refractivity (Wildman–Crippen MR) is 111 cm³/mol. The second-order valence-corrected chi connectivity index (χ2v) is 7.76. The van der Waals surface area contributed by atoms with Crippen LogP contribution in [0.4, 0.5) is 4.39 Å². The van der Waals surface area contributed by atoms with E-state index in [2.05, 4.69) is 4.98 Å². The number of aromatic nitrogens is 3. The Morgan fingerprint density at radius 3 is 2.69 bits per heavy atom. The predicted octanol–water partition coefficient (Wildman–Crippen LogP) is 3.42. The van der Waals surface area contributed by atoms with Gasteiger partial charge in [0.1, 0.15) is 25.2 Å². The lowest BCUT2D eigenvalue weighted by Crippen LogP contribution is -2.34. The van der Waals surface area contributed by atoms with E-state index < -0.39 is 6.67 Å². The maximum absolute atomic E-state index is 13.3. The molecule has 2 aromatic heterocycles. The number of fused-ring (bicyclic) bond motifs is 1. The zero-order valence-corrected chi connectivity index (χ0v) is 17.0. The zero-order chi connectivity index (χ0) is 20.5. The first-order valence-electron chi connectivity index (χ1n) is 9.68. The van der Waals surface area contributed by atoms with E-state index in [1.54, 1.807) is 21.7 Å². The third-order valence-electron chi connectivity index (χ3n) is 5.40. The summed E-state index contributed by atoms with van der Waals surface area (Å²) in [7, 11) is 0. The summed E-state index contributed by atoms with van der Waals surface area (Å²) >= 11 is 6.14. The molecule has 3 heterocycles. The maximum Gasteiger partial charge on any atom is 0.263 e. The van der Waals surface area contributed by atoms with E-state index >= 15 is 0 Å². The number of carbonyl (C=O) groups is 1. The van der Waals surface area contributed by atoms with E-state index in [0.29, 0.717) is 21.6 Å². The van der Waals surface area contributed by atoms with Crippen LogP contribution in [-0.2, 0) is 17.9 Å². The highest BCUT2D eigenvalue weighted by Crippen LogP contribution is 2.30. The number of benzene rings is 1. The number of amides is 1. The minimum absolute atomic E-state index is 0.0465. The van der Waals surface area contributed by atoms with Gasteiger partial charge in [-0.1, -0.05) is 17.7 Å². The highest BCUT2D eigenvalue weighted by Gasteiger charge is 2.21. The smallest absolute Gasteiger partial charge is 0.263 e. The molecule has 1 fully saturated rings. The largest absolute Gasteiger partial charge is 0.341 e. The van der Waals surface area contributed by atoms with Crippen molar-refractivity contribution in [2.45, 2.75) is 32.9 Å². The van der Waals surface area contributed by atoms with Crippen molar-refractivity contribution in [3.63, 3.8) is 0 Å². The van der Waals surface area contributed by atoms with Crippen molar-refractivity contribution in [2.24, 2.45) is 0 Å². The average molecular weight is 417 g/mol. The van der Waals surface area contributed by atoms with Crippen LogP contribution in [0, 0.1) is 6.92 Å². The molecule has 0 atom stereocenters. The molecule has 152 valence electrons.